The molecule has 0 saturated carbocycles. The van der Waals surface area contributed by atoms with Crippen molar-refractivity contribution in [3.8, 4) is 11.8 Å². The Morgan fingerprint density at radius 2 is 1.56 bits per heavy atom. The number of ketones is 2. The molecule has 0 bridgehead atoms. The van der Waals surface area contributed by atoms with Gasteiger partial charge < -0.3 is 10.4 Å². The van der Waals surface area contributed by atoms with Crippen molar-refractivity contribution in [1.82, 2.24) is 5.32 Å². The predicted octanol–water partition coefficient (Wildman–Crippen LogP) is 2.83. The summed E-state index contributed by atoms with van der Waals surface area (Å²) in [5.74, 6) is 5.19. The molecule has 0 heterocycles. The predicted molar refractivity (Wildman–Crippen MR) is 107 cm³/mol. The molecule has 27 heavy (non-hydrogen) atoms. The van der Waals surface area contributed by atoms with Crippen LogP contribution in [0.2, 0.25) is 0 Å². The van der Waals surface area contributed by atoms with Gasteiger partial charge in [0, 0.05) is 41.6 Å². The Hall–Kier alpha value is -2.74. The second kappa shape index (κ2) is 10.4. The number of benzene rings is 2. The van der Waals surface area contributed by atoms with E-state index in [-0.39, 0.29) is 24.0 Å². The van der Waals surface area contributed by atoms with Gasteiger partial charge in [0.1, 0.15) is 6.61 Å². The number of nitrogens with one attached hydrogen (secondary N) is 1. The van der Waals surface area contributed by atoms with E-state index in [2.05, 4.69) is 17.2 Å². The van der Waals surface area contributed by atoms with Gasteiger partial charge >= 0.3 is 0 Å². The van der Waals surface area contributed by atoms with E-state index in [9.17, 15) is 9.59 Å². The molecular weight excluding hydrogens is 338 g/mol. The lowest BCUT2D eigenvalue weighted by Gasteiger charge is -2.16. The summed E-state index contributed by atoms with van der Waals surface area (Å²) < 4.78 is 0. The van der Waals surface area contributed by atoms with Crippen LogP contribution in [0.1, 0.15) is 41.8 Å². The molecular formula is C23H25NO3. The van der Waals surface area contributed by atoms with Crippen molar-refractivity contribution in [3.05, 3.63) is 71.3 Å². The number of carbonyl (C=O) groups excluding carboxylic acids is 2. The minimum absolute atomic E-state index is 0.0775. The maximum atomic E-state index is 12.5. The van der Waals surface area contributed by atoms with Crippen molar-refractivity contribution in [1.29, 1.82) is 0 Å². The Kier molecular flexibility index (Phi) is 7.94. The van der Waals surface area contributed by atoms with Gasteiger partial charge in [0.2, 0.25) is 0 Å². The van der Waals surface area contributed by atoms with Crippen LogP contribution in [-0.2, 0) is 4.79 Å². The molecule has 2 rings (SSSR count). The van der Waals surface area contributed by atoms with Gasteiger partial charge in [-0.1, -0.05) is 56.0 Å². The Morgan fingerprint density at radius 3 is 2.11 bits per heavy atom. The van der Waals surface area contributed by atoms with Crippen molar-refractivity contribution in [3.63, 3.8) is 0 Å². The summed E-state index contributed by atoms with van der Waals surface area (Å²) in [6.07, 6.45) is 0.0775. The van der Waals surface area contributed by atoms with Gasteiger partial charge in [-0.2, -0.15) is 0 Å². The maximum absolute atomic E-state index is 12.5. The third-order valence-electron chi connectivity index (χ3n) is 4.15. The Bertz CT molecular complexity index is 814. The van der Waals surface area contributed by atoms with Gasteiger partial charge in [0.15, 0.2) is 11.6 Å². The summed E-state index contributed by atoms with van der Waals surface area (Å²) >= 11 is 0. The zero-order valence-corrected chi connectivity index (χ0v) is 15.7. The number of aliphatic hydroxyl groups is 1. The van der Waals surface area contributed by atoms with Crippen LogP contribution in [0.4, 0.5) is 0 Å². The lowest BCUT2D eigenvalue weighted by molar-refractivity contribution is -0.125. The number of carbonyl (C=O) groups is 2. The van der Waals surface area contributed by atoms with Gasteiger partial charge in [0.25, 0.3) is 0 Å². The van der Waals surface area contributed by atoms with Crippen molar-refractivity contribution in [2.45, 2.75) is 26.3 Å². The average Bonchev–Trinajstić information content (AvgIpc) is 2.69. The molecule has 0 aliphatic carbocycles. The summed E-state index contributed by atoms with van der Waals surface area (Å²) in [6.45, 7) is 3.77. The van der Waals surface area contributed by atoms with E-state index in [1.54, 1.807) is 24.3 Å². The average molecular weight is 363 g/mol. The normalized spacial score (nSPS) is 11.6. The number of hydrogen-bond acceptors (Lipinski definition) is 4. The summed E-state index contributed by atoms with van der Waals surface area (Å²) in [7, 11) is 0. The van der Waals surface area contributed by atoms with Crippen molar-refractivity contribution in [2.75, 3.05) is 13.2 Å². The highest BCUT2D eigenvalue weighted by atomic mass is 16.3. The van der Waals surface area contributed by atoms with Crippen LogP contribution in [0.15, 0.2) is 54.6 Å². The molecule has 2 N–H and O–H groups in total. The second-order valence-electron chi connectivity index (χ2n) is 6.70. The largest absolute Gasteiger partial charge is 0.389 e. The third kappa shape index (κ3) is 6.82. The maximum Gasteiger partial charge on any atom is 0.163 e. The first-order chi connectivity index (χ1) is 13.0. The summed E-state index contributed by atoms with van der Waals surface area (Å²) in [6, 6.07) is 17.0. The van der Waals surface area contributed by atoms with E-state index >= 15 is 0 Å². The lowest BCUT2D eigenvalue weighted by atomic mass is 9.94. The minimum atomic E-state index is -0.550. The van der Waals surface area contributed by atoms with Crippen molar-refractivity contribution < 1.29 is 14.7 Å². The zero-order chi connectivity index (χ0) is 19.6. The third-order valence-corrected chi connectivity index (χ3v) is 4.15. The number of Topliss-reactive ketones (excluding diaryl/α,β-unsaturated/α-hetero) is 2. The highest BCUT2D eigenvalue weighted by Gasteiger charge is 2.22. The first-order valence-electron chi connectivity index (χ1n) is 9.07. The SMILES string of the molecule is CC(C)NC[C@H](CC(=O)c1ccc(C#Cc2ccccc2)cc1)C(=O)CO. The monoisotopic (exact) mass is 363 g/mol. The summed E-state index contributed by atoms with van der Waals surface area (Å²) in [5, 5.41) is 12.3. The molecule has 0 unspecified atom stereocenters. The van der Waals surface area contributed by atoms with Gasteiger partial charge in [-0.15, -0.1) is 0 Å². The van der Waals surface area contributed by atoms with Crippen LogP contribution in [0.5, 0.6) is 0 Å². The van der Waals surface area contributed by atoms with E-state index in [1.807, 2.05) is 44.2 Å². The zero-order valence-electron chi connectivity index (χ0n) is 15.7. The van der Waals surface area contributed by atoms with Crippen LogP contribution in [0.25, 0.3) is 0 Å². The fourth-order valence-electron chi connectivity index (χ4n) is 2.55. The molecule has 4 heteroatoms. The standard InChI is InChI=1S/C23H25NO3/c1-17(2)24-15-21(23(27)16-25)14-22(26)20-12-10-19(11-13-20)9-8-18-6-4-3-5-7-18/h3-7,10-13,17,21,24-25H,14-16H2,1-2H3/t21-/m0/s1. The van der Waals surface area contributed by atoms with Crippen molar-refractivity contribution >= 4 is 11.6 Å². The molecule has 0 spiro atoms. The van der Waals surface area contributed by atoms with Crippen molar-refractivity contribution in [2.24, 2.45) is 5.92 Å². The first-order valence-corrected chi connectivity index (χ1v) is 9.07. The fraction of sp³-hybridized carbons (Fsp3) is 0.304. The molecule has 4 nitrogen and oxygen atoms in total. The van der Waals surface area contributed by atoms with Gasteiger partial charge in [-0.25, -0.2) is 0 Å². The molecule has 0 saturated heterocycles. The van der Waals surface area contributed by atoms with E-state index in [4.69, 9.17) is 5.11 Å². The molecule has 0 fully saturated rings. The number of rotatable bonds is 8. The summed E-state index contributed by atoms with van der Waals surface area (Å²) in [4.78, 5) is 24.4. The molecule has 140 valence electrons. The highest BCUT2D eigenvalue weighted by molar-refractivity contribution is 5.99. The molecule has 2 aromatic carbocycles. The molecule has 0 radical (unpaired) electrons. The second-order valence-corrected chi connectivity index (χ2v) is 6.70. The Labute approximate surface area is 160 Å². The van der Waals surface area contributed by atoms with Crippen LogP contribution in [0.3, 0.4) is 0 Å². The van der Waals surface area contributed by atoms with E-state index in [0.717, 1.165) is 11.1 Å². The lowest BCUT2D eigenvalue weighted by Crippen LogP contribution is -2.35. The topological polar surface area (TPSA) is 66.4 Å². The Morgan fingerprint density at radius 1 is 0.963 bits per heavy atom. The first kappa shape index (κ1) is 20.6. The van der Waals surface area contributed by atoms with Gasteiger partial charge in [-0.05, 0) is 24.3 Å². The van der Waals surface area contributed by atoms with E-state index < -0.39 is 12.5 Å². The summed E-state index contributed by atoms with van der Waals surface area (Å²) in [5.41, 5.74) is 2.29. The van der Waals surface area contributed by atoms with Gasteiger partial charge in [0.05, 0.1) is 0 Å². The quantitative estimate of drug-likeness (QED) is 0.559. The molecule has 0 aromatic heterocycles. The molecule has 1 atom stereocenters. The fourth-order valence-corrected chi connectivity index (χ4v) is 2.55. The molecule has 0 aliphatic heterocycles. The minimum Gasteiger partial charge on any atom is -0.389 e. The van der Waals surface area contributed by atoms with E-state index in [1.165, 1.54) is 0 Å². The molecule has 2 aromatic rings. The Balaban J connectivity index is 2.03. The number of hydrogen-bond donors (Lipinski definition) is 2. The van der Waals surface area contributed by atoms with Crippen LogP contribution in [-0.4, -0.2) is 35.9 Å². The van der Waals surface area contributed by atoms with E-state index in [0.29, 0.717) is 12.1 Å². The highest BCUT2D eigenvalue weighted by Crippen LogP contribution is 2.13. The number of aliphatic hydroxyl groups excluding tert-OH is 1. The van der Waals surface area contributed by atoms with Gasteiger partial charge in [-0.3, -0.25) is 9.59 Å². The van der Waals surface area contributed by atoms with Crippen LogP contribution < -0.4 is 5.32 Å². The van der Waals surface area contributed by atoms with Crippen LogP contribution in [0, 0.1) is 17.8 Å². The molecule has 0 aliphatic rings. The smallest absolute Gasteiger partial charge is 0.163 e. The van der Waals surface area contributed by atoms with Crippen LogP contribution >= 0.6 is 0 Å². The molecule has 0 amide bonds.